The number of carbonyl (C=O) groups excluding carboxylic acids is 2. The highest BCUT2D eigenvalue weighted by Gasteiger charge is 2.35. The summed E-state index contributed by atoms with van der Waals surface area (Å²) in [6, 6.07) is 18.8. The van der Waals surface area contributed by atoms with E-state index in [-0.39, 0.29) is 17.7 Å². The van der Waals surface area contributed by atoms with E-state index in [0.717, 1.165) is 38.5 Å². The summed E-state index contributed by atoms with van der Waals surface area (Å²) in [7, 11) is 0. The summed E-state index contributed by atoms with van der Waals surface area (Å²) in [5.74, 6) is 0.863. The normalized spacial score (nSPS) is 14.4. The highest BCUT2D eigenvalue weighted by atomic mass is 79.9. The van der Waals surface area contributed by atoms with Gasteiger partial charge in [0.25, 0.3) is 11.1 Å². The zero-order valence-corrected chi connectivity index (χ0v) is 23.4. The number of imide groups is 1. The van der Waals surface area contributed by atoms with Crippen LogP contribution < -0.4 is 9.47 Å². The van der Waals surface area contributed by atoms with Gasteiger partial charge >= 0.3 is 0 Å². The SMILES string of the molecule is C=CCc1cc(/C=C2\SC(=O)N(Cc3ccccc3Br)C2=O)cc(OCC)c1OCc1ccc(Cl)cc1. The monoisotopic (exact) mass is 597 g/mol. The third-order valence-electron chi connectivity index (χ3n) is 5.57. The summed E-state index contributed by atoms with van der Waals surface area (Å²) in [4.78, 5) is 27.4. The Bertz CT molecular complexity index is 1360. The van der Waals surface area contributed by atoms with Gasteiger partial charge < -0.3 is 9.47 Å². The Hall–Kier alpha value is -3.00. The van der Waals surface area contributed by atoms with Crippen LogP contribution in [0.2, 0.25) is 5.02 Å². The van der Waals surface area contributed by atoms with Crippen molar-refractivity contribution in [2.45, 2.75) is 26.5 Å². The Morgan fingerprint density at radius 1 is 1.05 bits per heavy atom. The van der Waals surface area contributed by atoms with Crippen molar-refractivity contribution in [1.82, 2.24) is 4.90 Å². The predicted molar refractivity (Wildman–Crippen MR) is 153 cm³/mol. The van der Waals surface area contributed by atoms with Crippen molar-refractivity contribution in [3.05, 3.63) is 110 Å². The second-order valence-corrected chi connectivity index (χ2v) is 10.5. The molecule has 4 rings (SSSR count). The molecule has 0 saturated carbocycles. The first-order chi connectivity index (χ1) is 17.9. The van der Waals surface area contributed by atoms with Crippen molar-refractivity contribution in [2.24, 2.45) is 0 Å². The second kappa shape index (κ2) is 12.5. The van der Waals surface area contributed by atoms with Crippen molar-refractivity contribution in [2.75, 3.05) is 6.61 Å². The predicted octanol–water partition coefficient (Wildman–Crippen LogP) is 8.05. The van der Waals surface area contributed by atoms with Crippen LogP contribution in [0.1, 0.15) is 29.2 Å². The Morgan fingerprint density at radius 2 is 1.81 bits per heavy atom. The minimum absolute atomic E-state index is 0.201. The Labute approximate surface area is 234 Å². The Morgan fingerprint density at radius 3 is 2.51 bits per heavy atom. The molecule has 0 N–H and O–H groups in total. The van der Waals surface area contributed by atoms with Crippen molar-refractivity contribution in [3.63, 3.8) is 0 Å². The molecule has 190 valence electrons. The molecule has 1 saturated heterocycles. The summed E-state index contributed by atoms with van der Waals surface area (Å²) >= 11 is 10.4. The Kier molecular flexibility index (Phi) is 9.14. The number of amides is 2. The molecule has 5 nitrogen and oxygen atoms in total. The first-order valence-corrected chi connectivity index (χ1v) is 13.6. The van der Waals surface area contributed by atoms with E-state index in [1.54, 1.807) is 12.2 Å². The molecule has 8 heteroatoms. The minimum atomic E-state index is -0.322. The van der Waals surface area contributed by atoms with Crippen LogP contribution in [0.15, 0.2) is 82.7 Å². The van der Waals surface area contributed by atoms with Gasteiger partial charge in [0.05, 0.1) is 18.1 Å². The number of carbonyl (C=O) groups is 2. The van der Waals surface area contributed by atoms with Gasteiger partial charge in [-0.2, -0.15) is 0 Å². The summed E-state index contributed by atoms with van der Waals surface area (Å²) < 4.78 is 12.9. The topological polar surface area (TPSA) is 55.8 Å². The lowest BCUT2D eigenvalue weighted by molar-refractivity contribution is -0.123. The zero-order chi connectivity index (χ0) is 26.4. The Balaban J connectivity index is 1.62. The minimum Gasteiger partial charge on any atom is -0.490 e. The highest BCUT2D eigenvalue weighted by molar-refractivity contribution is 9.10. The van der Waals surface area contributed by atoms with Crippen LogP contribution in [-0.4, -0.2) is 22.7 Å². The maximum absolute atomic E-state index is 13.1. The summed E-state index contributed by atoms with van der Waals surface area (Å²) in [5, 5.41) is 0.363. The molecule has 1 aliphatic heterocycles. The van der Waals surface area contributed by atoms with E-state index in [2.05, 4.69) is 22.5 Å². The van der Waals surface area contributed by atoms with E-state index in [1.165, 1.54) is 4.90 Å². The molecule has 0 atom stereocenters. The molecule has 2 amide bonds. The first kappa shape index (κ1) is 27.0. The van der Waals surface area contributed by atoms with Gasteiger partial charge in [-0.3, -0.25) is 14.5 Å². The molecule has 1 aliphatic rings. The van der Waals surface area contributed by atoms with Gasteiger partial charge in [0.2, 0.25) is 0 Å². The zero-order valence-electron chi connectivity index (χ0n) is 20.2. The van der Waals surface area contributed by atoms with E-state index < -0.39 is 0 Å². The molecular formula is C29H25BrClNO4S. The van der Waals surface area contributed by atoms with Crippen molar-refractivity contribution >= 4 is 56.5 Å². The van der Waals surface area contributed by atoms with E-state index in [1.807, 2.05) is 67.6 Å². The van der Waals surface area contributed by atoms with Crippen LogP contribution in [-0.2, 0) is 24.4 Å². The van der Waals surface area contributed by atoms with E-state index in [0.29, 0.717) is 41.1 Å². The fourth-order valence-corrected chi connectivity index (χ4v) is 5.20. The smallest absolute Gasteiger partial charge is 0.293 e. The summed E-state index contributed by atoms with van der Waals surface area (Å²) in [6.45, 7) is 6.76. The molecule has 0 aliphatic carbocycles. The lowest BCUT2D eigenvalue weighted by Crippen LogP contribution is -2.27. The van der Waals surface area contributed by atoms with E-state index in [9.17, 15) is 9.59 Å². The van der Waals surface area contributed by atoms with Gasteiger partial charge in [-0.15, -0.1) is 6.58 Å². The number of halogens is 2. The van der Waals surface area contributed by atoms with Crippen LogP contribution in [0.25, 0.3) is 6.08 Å². The number of hydrogen-bond donors (Lipinski definition) is 0. The molecule has 0 aromatic heterocycles. The molecule has 0 bridgehead atoms. The third kappa shape index (κ3) is 6.66. The molecule has 3 aromatic carbocycles. The fraction of sp³-hybridized carbons (Fsp3) is 0.172. The molecule has 0 radical (unpaired) electrons. The van der Waals surface area contributed by atoms with E-state index in [4.69, 9.17) is 21.1 Å². The summed E-state index contributed by atoms with van der Waals surface area (Å²) in [6.07, 6.45) is 4.06. The van der Waals surface area contributed by atoms with Crippen LogP contribution in [0.5, 0.6) is 11.5 Å². The highest BCUT2D eigenvalue weighted by Crippen LogP contribution is 2.38. The number of allylic oxidation sites excluding steroid dienone is 1. The molecule has 1 heterocycles. The molecule has 3 aromatic rings. The average molecular weight is 599 g/mol. The number of nitrogens with zero attached hydrogens (tertiary/aromatic N) is 1. The van der Waals surface area contributed by atoms with Crippen LogP contribution in [0.4, 0.5) is 4.79 Å². The number of ether oxygens (including phenoxy) is 2. The number of thioether (sulfide) groups is 1. The van der Waals surface area contributed by atoms with Gasteiger partial charge in [0, 0.05) is 15.1 Å². The lowest BCUT2D eigenvalue weighted by atomic mass is 10.0. The number of benzene rings is 3. The third-order valence-corrected chi connectivity index (χ3v) is 7.51. The van der Waals surface area contributed by atoms with Crippen molar-refractivity contribution in [1.29, 1.82) is 0 Å². The van der Waals surface area contributed by atoms with E-state index >= 15 is 0 Å². The fourth-order valence-electron chi connectivity index (χ4n) is 3.82. The van der Waals surface area contributed by atoms with Gasteiger partial charge in [-0.05, 0) is 78.2 Å². The first-order valence-electron chi connectivity index (χ1n) is 11.7. The molecule has 37 heavy (non-hydrogen) atoms. The molecule has 1 fully saturated rings. The van der Waals surface area contributed by atoms with Gasteiger partial charge in [-0.1, -0.05) is 63.9 Å². The second-order valence-electron chi connectivity index (χ2n) is 8.21. The molecule has 0 unspecified atom stereocenters. The van der Waals surface area contributed by atoms with Crippen LogP contribution >= 0.6 is 39.3 Å². The maximum atomic E-state index is 13.1. The standard InChI is InChI=1S/C29H25BrClNO4S/c1-3-7-21-14-20(15-25(35-4-2)27(21)36-18-19-10-12-23(31)13-11-19)16-26-28(33)32(29(34)37-26)17-22-8-5-6-9-24(22)30/h3,5-6,8-16H,1,4,7,17-18H2,2H3/b26-16-. The lowest BCUT2D eigenvalue weighted by Gasteiger charge is -2.17. The van der Waals surface area contributed by atoms with Crippen molar-refractivity contribution < 1.29 is 19.1 Å². The van der Waals surface area contributed by atoms with Crippen LogP contribution in [0, 0.1) is 0 Å². The molecular weight excluding hydrogens is 574 g/mol. The molecule has 0 spiro atoms. The van der Waals surface area contributed by atoms with Crippen molar-refractivity contribution in [3.8, 4) is 11.5 Å². The van der Waals surface area contributed by atoms with Crippen LogP contribution in [0.3, 0.4) is 0 Å². The summed E-state index contributed by atoms with van der Waals surface area (Å²) in [5.41, 5.74) is 3.44. The average Bonchev–Trinajstić information content (AvgIpc) is 3.13. The largest absolute Gasteiger partial charge is 0.490 e. The number of rotatable bonds is 10. The van der Waals surface area contributed by atoms with Gasteiger partial charge in [-0.25, -0.2) is 0 Å². The van der Waals surface area contributed by atoms with Gasteiger partial charge in [0.15, 0.2) is 11.5 Å². The quantitative estimate of drug-likeness (QED) is 0.175. The van der Waals surface area contributed by atoms with Gasteiger partial charge in [0.1, 0.15) is 6.61 Å². The maximum Gasteiger partial charge on any atom is 0.293 e. The number of hydrogen-bond acceptors (Lipinski definition) is 5.